The number of nitrogens with zero attached hydrogens (tertiary/aromatic N) is 1. The second-order valence-corrected chi connectivity index (χ2v) is 8.70. The van der Waals surface area contributed by atoms with Crippen LogP contribution in [0.2, 0.25) is 0 Å². The summed E-state index contributed by atoms with van der Waals surface area (Å²) < 4.78 is 50.2. The van der Waals surface area contributed by atoms with Crippen molar-refractivity contribution < 1.29 is 37.5 Å². The normalized spacial score (nSPS) is 19.6. The molecule has 1 aliphatic rings. The van der Waals surface area contributed by atoms with E-state index in [2.05, 4.69) is 0 Å². The molecular weight excluding hydrogens is 405 g/mol. The van der Waals surface area contributed by atoms with Crippen molar-refractivity contribution >= 4 is 15.7 Å². The van der Waals surface area contributed by atoms with E-state index in [1.54, 1.807) is 18.2 Å². The van der Waals surface area contributed by atoms with E-state index in [4.69, 9.17) is 19.9 Å². The summed E-state index contributed by atoms with van der Waals surface area (Å²) in [5, 5.41) is 16.2. The third kappa shape index (κ3) is 4.73. The second kappa shape index (κ2) is 8.87. The van der Waals surface area contributed by atoms with Crippen LogP contribution in [0.1, 0.15) is 12.0 Å². The number of rotatable bonds is 6. The first-order valence-electron chi connectivity index (χ1n) is 8.80. The summed E-state index contributed by atoms with van der Waals surface area (Å²) in [6, 6.07) is 11.7. The van der Waals surface area contributed by atoms with Crippen LogP contribution in [-0.4, -0.2) is 48.4 Å². The Hall–Kier alpha value is -2.53. The SMILES string of the molecule is O=C(C1COCCC1S(=O)(=O)c1ccc(OCc2ccccc2F)cc1)N(O)O. The Balaban J connectivity index is 1.75. The lowest BCUT2D eigenvalue weighted by atomic mass is 10.0. The summed E-state index contributed by atoms with van der Waals surface area (Å²) in [4.78, 5) is 11.9. The summed E-state index contributed by atoms with van der Waals surface area (Å²) >= 11 is 0. The average Bonchev–Trinajstić information content (AvgIpc) is 2.73. The molecule has 3 rings (SSSR count). The Kier molecular flexibility index (Phi) is 6.48. The van der Waals surface area contributed by atoms with Crippen molar-refractivity contribution in [2.75, 3.05) is 13.2 Å². The molecule has 1 aliphatic heterocycles. The summed E-state index contributed by atoms with van der Waals surface area (Å²) in [6.45, 7) is -0.114. The Morgan fingerprint density at radius 2 is 1.86 bits per heavy atom. The standard InChI is InChI=1S/C19H20FNO7S/c20-17-4-2-1-3-13(17)11-28-14-5-7-15(8-6-14)29(25,26)18-9-10-27-12-16(18)19(22)21(23)24/h1-8,16,18,23-24H,9-12H2. The molecule has 10 heteroatoms. The highest BCUT2D eigenvalue weighted by molar-refractivity contribution is 7.92. The zero-order valence-electron chi connectivity index (χ0n) is 15.3. The molecular formula is C19H20FNO7S. The molecule has 0 spiro atoms. The number of amides is 1. The van der Waals surface area contributed by atoms with Crippen molar-refractivity contribution in [1.82, 2.24) is 5.23 Å². The predicted molar refractivity (Wildman–Crippen MR) is 97.5 cm³/mol. The van der Waals surface area contributed by atoms with Gasteiger partial charge >= 0.3 is 0 Å². The monoisotopic (exact) mass is 425 g/mol. The molecule has 156 valence electrons. The number of hydrogen-bond donors (Lipinski definition) is 2. The van der Waals surface area contributed by atoms with Crippen LogP contribution in [0, 0.1) is 11.7 Å². The van der Waals surface area contributed by atoms with E-state index in [9.17, 15) is 17.6 Å². The van der Waals surface area contributed by atoms with E-state index in [0.29, 0.717) is 11.3 Å². The first kappa shape index (κ1) is 21.2. The van der Waals surface area contributed by atoms with Gasteiger partial charge in [-0.1, -0.05) is 23.4 Å². The van der Waals surface area contributed by atoms with Gasteiger partial charge in [-0.15, -0.1) is 0 Å². The van der Waals surface area contributed by atoms with Crippen LogP contribution < -0.4 is 4.74 Å². The van der Waals surface area contributed by atoms with Crippen LogP contribution in [0.3, 0.4) is 0 Å². The molecule has 2 N–H and O–H groups in total. The molecule has 2 unspecified atom stereocenters. The number of hydroxylamine groups is 2. The van der Waals surface area contributed by atoms with Crippen LogP contribution in [0.15, 0.2) is 53.4 Å². The van der Waals surface area contributed by atoms with Gasteiger partial charge in [0.05, 0.1) is 22.7 Å². The topological polar surface area (TPSA) is 113 Å². The summed E-state index contributed by atoms with van der Waals surface area (Å²) in [7, 11) is -3.95. The molecule has 0 aromatic heterocycles. The van der Waals surface area contributed by atoms with Gasteiger partial charge in [-0.05, 0) is 36.8 Å². The molecule has 2 aromatic rings. The van der Waals surface area contributed by atoms with Gasteiger partial charge in [0.25, 0.3) is 5.91 Å². The highest BCUT2D eigenvalue weighted by Crippen LogP contribution is 2.30. The number of ether oxygens (including phenoxy) is 2. The fraction of sp³-hybridized carbons (Fsp3) is 0.316. The van der Waals surface area contributed by atoms with Crippen LogP contribution in [0.4, 0.5) is 4.39 Å². The molecule has 0 bridgehead atoms. The Morgan fingerprint density at radius 1 is 1.17 bits per heavy atom. The average molecular weight is 425 g/mol. The third-order valence-electron chi connectivity index (χ3n) is 4.71. The Bertz CT molecular complexity index is 963. The molecule has 0 aliphatic carbocycles. The first-order chi connectivity index (χ1) is 13.8. The van der Waals surface area contributed by atoms with Gasteiger partial charge in [-0.3, -0.25) is 15.2 Å². The summed E-state index contributed by atoms with van der Waals surface area (Å²) in [5.74, 6) is -2.43. The van der Waals surface area contributed by atoms with E-state index in [0.717, 1.165) is 0 Å². The van der Waals surface area contributed by atoms with Crippen LogP contribution in [0.25, 0.3) is 0 Å². The number of hydrogen-bond acceptors (Lipinski definition) is 7. The highest BCUT2D eigenvalue weighted by atomic mass is 32.2. The van der Waals surface area contributed by atoms with E-state index in [1.165, 1.54) is 30.3 Å². The molecule has 1 saturated heterocycles. The van der Waals surface area contributed by atoms with Crippen LogP contribution >= 0.6 is 0 Å². The largest absolute Gasteiger partial charge is 0.489 e. The number of sulfone groups is 1. The minimum atomic E-state index is -3.95. The predicted octanol–water partition coefficient (Wildman–Crippen LogP) is 2.19. The molecule has 8 nitrogen and oxygen atoms in total. The van der Waals surface area contributed by atoms with Gasteiger partial charge in [-0.2, -0.15) is 0 Å². The molecule has 0 radical (unpaired) electrons. The summed E-state index contributed by atoms with van der Waals surface area (Å²) in [6.07, 6.45) is 0.0398. The number of benzene rings is 2. The quantitative estimate of drug-likeness (QED) is 0.539. The van der Waals surface area contributed by atoms with Gasteiger partial charge in [0.1, 0.15) is 18.2 Å². The van der Waals surface area contributed by atoms with Crippen molar-refractivity contribution in [1.29, 1.82) is 0 Å². The first-order valence-corrected chi connectivity index (χ1v) is 10.3. The lowest BCUT2D eigenvalue weighted by molar-refractivity contribution is -0.289. The van der Waals surface area contributed by atoms with Crippen molar-refractivity contribution in [3.8, 4) is 5.75 Å². The fourth-order valence-electron chi connectivity index (χ4n) is 3.15. The van der Waals surface area contributed by atoms with E-state index in [-0.39, 0.29) is 31.1 Å². The highest BCUT2D eigenvalue weighted by Gasteiger charge is 2.42. The van der Waals surface area contributed by atoms with E-state index >= 15 is 0 Å². The maximum atomic E-state index is 13.6. The van der Waals surface area contributed by atoms with Gasteiger partial charge in [0.2, 0.25) is 0 Å². The van der Waals surface area contributed by atoms with Gasteiger partial charge in [0, 0.05) is 12.2 Å². The lowest BCUT2D eigenvalue weighted by Gasteiger charge is -2.30. The molecule has 1 fully saturated rings. The molecule has 2 aromatic carbocycles. The van der Waals surface area contributed by atoms with Gasteiger partial charge < -0.3 is 9.47 Å². The van der Waals surface area contributed by atoms with Crippen LogP contribution in [-0.2, 0) is 26.0 Å². The number of halogens is 1. The van der Waals surface area contributed by atoms with Crippen molar-refractivity contribution in [3.05, 3.63) is 59.9 Å². The van der Waals surface area contributed by atoms with Crippen molar-refractivity contribution in [2.45, 2.75) is 23.2 Å². The van der Waals surface area contributed by atoms with Crippen molar-refractivity contribution in [3.63, 3.8) is 0 Å². The summed E-state index contributed by atoms with van der Waals surface area (Å²) in [5.41, 5.74) is 0.366. The van der Waals surface area contributed by atoms with Gasteiger partial charge in [0.15, 0.2) is 9.84 Å². The maximum Gasteiger partial charge on any atom is 0.279 e. The van der Waals surface area contributed by atoms with Crippen LogP contribution in [0.5, 0.6) is 5.75 Å². The van der Waals surface area contributed by atoms with Gasteiger partial charge in [-0.25, -0.2) is 12.8 Å². The molecule has 29 heavy (non-hydrogen) atoms. The molecule has 0 saturated carbocycles. The maximum absolute atomic E-state index is 13.6. The number of carbonyl (C=O) groups excluding carboxylic acids is 1. The second-order valence-electron chi connectivity index (χ2n) is 6.53. The minimum absolute atomic E-state index is 0.0157. The van der Waals surface area contributed by atoms with E-state index in [1.807, 2.05) is 0 Å². The zero-order chi connectivity index (χ0) is 21.0. The number of carbonyl (C=O) groups is 1. The zero-order valence-corrected chi connectivity index (χ0v) is 16.1. The third-order valence-corrected chi connectivity index (χ3v) is 7.00. The smallest absolute Gasteiger partial charge is 0.279 e. The fourth-order valence-corrected chi connectivity index (χ4v) is 5.04. The Labute approximate surface area is 166 Å². The Morgan fingerprint density at radius 3 is 2.52 bits per heavy atom. The molecule has 2 atom stereocenters. The minimum Gasteiger partial charge on any atom is -0.489 e. The van der Waals surface area contributed by atoms with E-state index < -0.39 is 38.0 Å². The van der Waals surface area contributed by atoms with Crippen molar-refractivity contribution in [2.24, 2.45) is 5.92 Å². The lowest BCUT2D eigenvalue weighted by Crippen LogP contribution is -2.46. The molecule has 1 amide bonds. The molecule has 1 heterocycles.